The molecule has 150 valence electrons. The number of aliphatic carboxylic acids is 1. The molecule has 0 radical (unpaired) electrons. The highest BCUT2D eigenvalue weighted by atomic mass is 35.5. The molecule has 2 aromatic carbocycles. The summed E-state index contributed by atoms with van der Waals surface area (Å²) in [5, 5.41) is 13.1. The van der Waals surface area contributed by atoms with Gasteiger partial charge in [0.25, 0.3) is 5.91 Å². The first-order valence-electron chi connectivity index (χ1n) is 8.81. The van der Waals surface area contributed by atoms with Crippen LogP contribution in [0.25, 0.3) is 11.0 Å². The van der Waals surface area contributed by atoms with Crippen LogP contribution in [-0.4, -0.2) is 30.1 Å². The van der Waals surface area contributed by atoms with E-state index in [2.05, 4.69) is 5.32 Å². The van der Waals surface area contributed by atoms with Crippen molar-refractivity contribution in [1.29, 1.82) is 0 Å². The normalized spacial score (nSPS) is 11.8. The Hall–Kier alpha value is -3.32. The monoisotopic (exact) mass is 415 g/mol. The summed E-state index contributed by atoms with van der Waals surface area (Å²) in [6.07, 6.45) is -0.132. The van der Waals surface area contributed by atoms with Gasteiger partial charge >= 0.3 is 11.6 Å². The van der Waals surface area contributed by atoms with Crippen LogP contribution in [0.4, 0.5) is 0 Å². The van der Waals surface area contributed by atoms with E-state index in [0.29, 0.717) is 16.4 Å². The number of hydrogen-bond acceptors (Lipinski definition) is 5. The molecule has 0 aliphatic carbocycles. The van der Waals surface area contributed by atoms with Gasteiger partial charge in [-0.1, -0.05) is 23.7 Å². The number of carboxylic acid groups (broad SMARTS) is 1. The van der Waals surface area contributed by atoms with Crippen LogP contribution in [-0.2, 0) is 9.59 Å². The van der Waals surface area contributed by atoms with E-state index < -0.39 is 23.4 Å². The Bertz CT molecular complexity index is 1080. The highest BCUT2D eigenvalue weighted by molar-refractivity contribution is 6.30. The molecular formula is C21H18ClNO6. The summed E-state index contributed by atoms with van der Waals surface area (Å²) < 4.78 is 10.5. The van der Waals surface area contributed by atoms with Crippen molar-refractivity contribution in [3.63, 3.8) is 0 Å². The number of halogens is 1. The minimum Gasteiger partial charge on any atom is -0.484 e. The van der Waals surface area contributed by atoms with Crippen LogP contribution in [0.1, 0.15) is 17.9 Å². The van der Waals surface area contributed by atoms with Gasteiger partial charge < -0.3 is 19.6 Å². The first-order chi connectivity index (χ1) is 13.9. The van der Waals surface area contributed by atoms with E-state index in [1.165, 1.54) is 12.1 Å². The van der Waals surface area contributed by atoms with Crippen LogP contribution in [0.2, 0.25) is 5.02 Å². The number of carbonyl (C=O) groups excluding carboxylic acids is 1. The van der Waals surface area contributed by atoms with Crippen molar-refractivity contribution < 1.29 is 23.8 Å². The molecular weight excluding hydrogens is 398 g/mol. The van der Waals surface area contributed by atoms with Gasteiger partial charge in [0, 0.05) is 35.0 Å². The molecule has 0 unspecified atom stereocenters. The van der Waals surface area contributed by atoms with Crippen molar-refractivity contribution in [3.8, 4) is 5.75 Å². The Morgan fingerprint density at radius 3 is 2.55 bits per heavy atom. The van der Waals surface area contributed by atoms with E-state index in [9.17, 15) is 14.4 Å². The van der Waals surface area contributed by atoms with Crippen LogP contribution >= 0.6 is 11.6 Å². The quantitative estimate of drug-likeness (QED) is 0.547. The van der Waals surface area contributed by atoms with E-state index in [1.54, 1.807) is 42.5 Å². The molecule has 29 heavy (non-hydrogen) atoms. The Kier molecular flexibility index (Phi) is 6.51. The average molecular weight is 416 g/mol. The molecule has 0 saturated heterocycles. The third-order valence-electron chi connectivity index (χ3n) is 4.27. The second kappa shape index (κ2) is 9.25. The molecule has 0 spiro atoms. The Morgan fingerprint density at radius 2 is 1.83 bits per heavy atom. The van der Waals surface area contributed by atoms with E-state index in [1.807, 2.05) is 0 Å². The fraction of sp³-hybridized carbons (Fsp3) is 0.190. The number of carbonyl (C=O) groups is 2. The zero-order valence-electron chi connectivity index (χ0n) is 15.3. The highest BCUT2D eigenvalue weighted by Crippen LogP contribution is 2.22. The summed E-state index contributed by atoms with van der Waals surface area (Å²) in [6, 6.07) is 14.7. The number of fused-ring (bicyclic) bond motifs is 1. The minimum absolute atomic E-state index is 0.132. The molecule has 0 fully saturated rings. The standard InChI is InChI=1S/C21H18ClNO6/c22-16-5-1-13(2-6-16)15(9-20(25)26)11-23-19(24)12-28-17-7-3-14-4-8-21(27)29-18(14)10-17/h1-8,10,15H,9,11-12H2,(H,23,24)(H,25,26)/t15-/m1/s1. The lowest BCUT2D eigenvalue weighted by Gasteiger charge is -2.16. The minimum atomic E-state index is -0.965. The van der Waals surface area contributed by atoms with Crippen molar-refractivity contribution >= 4 is 34.4 Å². The zero-order chi connectivity index (χ0) is 20.8. The van der Waals surface area contributed by atoms with E-state index >= 15 is 0 Å². The SMILES string of the molecule is O=C(O)C[C@H](CNC(=O)COc1ccc2ccc(=O)oc2c1)c1ccc(Cl)cc1. The second-order valence-electron chi connectivity index (χ2n) is 6.39. The Morgan fingerprint density at radius 1 is 1.10 bits per heavy atom. The molecule has 3 aromatic rings. The molecule has 1 aromatic heterocycles. The van der Waals surface area contributed by atoms with E-state index in [0.717, 1.165) is 10.9 Å². The summed E-state index contributed by atoms with van der Waals surface area (Å²) in [7, 11) is 0. The summed E-state index contributed by atoms with van der Waals surface area (Å²) in [4.78, 5) is 34.6. The third kappa shape index (κ3) is 5.83. The van der Waals surface area contributed by atoms with E-state index in [-0.39, 0.29) is 19.6 Å². The molecule has 1 atom stereocenters. The lowest BCUT2D eigenvalue weighted by molar-refractivity contribution is -0.137. The van der Waals surface area contributed by atoms with Crippen molar-refractivity contribution in [2.24, 2.45) is 0 Å². The van der Waals surface area contributed by atoms with Gasteiger partial charge in [-0.15, -0.1) is 0 Å². The molecule has 1 heterocycles. The number of benzene rings is 2. The first-order valence-corrected chi connectivity index (χ1v) is 9.19. The molecule has 3 rings (SSSR count). The average Bonchev–Trinajstić information content (AvgIpc) is 2.69. The second-order valence-corrected chi connectivity index (χ2v) is 6.83. The van der Waals surface area contributed by atoms with Crippen molar-refractivity contribution in [2.75, 3.05) is 13.2 Å². The lowest BCUT2D eigenvalue weighted by atomic mass is 9.95. The fourth-order valence-electron chi connectivity index (χ4n) is 2.82. The third-order valence-corrected chi connectivity index (χ3v) is 4.52. The summed E-state index contributed by atoms with van der Waals surface area (Å²) in [5.74, 6) is -1.39. The van der Waals surface area contributed by atoms with Crippen LogP contribution in [0, 0.1) is 0 Å². The summed E-state index contributed by atoms with van der Waals surface area (Å²) in [6.45, 7) is -0.119. The Labute approximate surface area is 170 Å². The van der Waals surface area contributed by atoms with E-state index in [4.69, 9.17) is 25.9 Å². The van der Waals surface area contributed by atoms with Crippen LogP contribution in [0.3, 0.4) is 0 Å². The summed E-state index contributed by atoms with van der Waals surface area (Å²) >= 11 is 5.87. The van der Waals surface area contributed by atoms with Crippen molar-refractivity contribution in [1.82, 2.24) is 5.32 Å². The molecule has 1 amide bonds. The Balaban J connectivity index is 1.58. The maximum atomic E-state index is 12.1. The number of ether oxygens (including phenoxy) is 1. The van der Waals surface area contributed by atoms with Gasteiger partial charge in [-0.3, -0.25) is 9.59 Å². The highest BCUT2D eigenvalue weighted by Gasteiger charge is 2.17. The van der Waals surface area contributed by atoms with Gasteiger partial charge in [-0.25, -0.2) is 4.79 Å². The molecule has 0 aliphatic heterocycles. The molecule has 0 bridgehead atoms. The fourth-order valence-corrected chi connectivity index (χ4v) is 2.95. The van der Waals surface area contributed by atoms with Gasteiger partial charge in [0.15, 0.2) is 6.61 Å². The smallest absolute Gasteiger partial charge is 0.336 e. The number of rotatable bonds is 8. The maximum absolute atomic E-state index is 12.1. The first kappa shape index (κ1) is 20.4. The van der Waals surface area contributed by atoms with Gasteiger partial charge in [-0.05, 0) is 35.9 Å². The van der Waals surface area contributed by atoms with Crippen LogP contribution in [0.5, 0.6) is 5.75 Å². The molecule has 0 saturated carbocycles. The largest absolute Gasteiger partial charge is 0.484 e. The predicted octanol–water partition coefficient (Wildman–Crippen LogP) is 3.20. The van der Waals surface area contributed by atoms with Gasteiger partial charge in [0.2, 0.25) is 0 Å². The summed E-state index contributed by atoms with van der Waals surface area (Å²) in [5.41, 5.74) is 0.654. The molecule has 0 aliphatic rings. The maximum Gasteiger partial charge on any atom is 0.336 e. The number of carboxylic acids is 1. The van der Waals surface area contributed by atoms with Gasteiger partial charge in [-0.2, -0.15) is 0 Å². The van der Waals surface area contributed by atoms with Crippen LogP contribution in [0.15, 0.2) is 63.8 Å². The van der Waals surface area contributed by atoms with Gasteiger partial charge in [0.05, 0.1) is 6.42 Å². The topological polar surface area (TPSA) is 106 Å². The predicted molar refractivity (Wildman–Crippen MR) is 107 cm³/mol. The number of hydrogen-bond donors (Lipinski definition) is 2. The number of amides is 1. The van der Waals surface area contributed by atoms with Crippen molar-refractivity contribution in [2.45, 2.75) is 12.3 Å². The van der Waals surface area contributed by atoms with Gasteiger partial charge in [0.1, 0.15) is 11.3 Å². The molecule has 7 nitrogen and oxygen atoms in total. The van der Waals surface area contributed by atoms with Crippen LogP contribution < -0.4 is 15.7 Å². The zero-order valence-corrected chi connectivity index (χ0v) is 16.0. The molecule has 8 heteroatoms. The lowest BCUT2D eigenvalue weighted by Crippen LogP contribution is -2.33. The molecule has 2 N–H and O–H groups in total. The van der Waals surface area contributed by atoms with Crippen molar-refractivity contribution in [3.05, 3.63) is 75.6 Å². The number of nitrogens with one attached hydrogen (secondary N) is 1.